The topological polar surface area (TPSA) is 56.3 Å². The highest BCUT2D eigenvalue weighted by Crippen LogP contribution is 2.36. The van der Waals surface area contributed by atoms with Gasteiger partial charge in [-0.2, -0.15) is 13.2 Å². The van der Waals surface area contributed by atoms with Gasteiger partial charge in [0.25, 0.3) is 5.56 Å². The minimum absolute atomic E-state index is 0.0480. The molecule has 7 heteroatoms. The van der Waals surface area contributed by atoms with Crippen LogP contribution in [0.25, 0.3) is 22.0 Å². The molecule has 1 aromatic heterocycles. The summed E-state index contributed by atoms with van der Waals surface area (Å²) in [7, 11) is 0. The highest BCUT2D eigenvalue weighted by Gasteiger charge is 2.33. The maximum atomic E-state index is 13.4. The number of alkyl halides is 3. The number of anilines is 1. The molecule has 0 aliphatic carbocycles. The molecule has 0 unspecified atom stereocenters. The van der Waals surface area contributed by atoms with Crippen LogP contribution in [-0.2, 0) is 6.18 Å². The van der Waals surface area contributed by atoms with Crippen molar-refractivity contribution in [1.82, 2.24) is 4.98 Å². The predicted molar refractivity (Wildman–Crippen MR) is 107 cm³/mol. The number of benzene rings is 2. The van der Waals surface area contributed by atoms with Gasteiger partial charge in [0, 0.05) is 42.0 Å². The molecular formula is C22H21F3N2O2. The van der Waals surface area contributed by atoms with E-state index in [1.165, 1.54) is 18.2 Å². The largest absolute Gasteiger partial charge is 0.417 e. The van der Waals surface area contributed by atoms with Crippen LogP contribution >= 0.6 is 0 Å². The second kappa shape index (κ2) is 7.55. The number of aromatic nitrogens is 1. The van der Waals surface area contributed by atoms with E-state index in [2.05, 4.69) is 9.88 Å². The Bertz CT molecular complexity index is 1080. The van der Waals surface area contributed by atoms with Gasteiger partial charge < -0.3 is 15.0 Å². The number of nitrogens with zero attached hydrogens (tertiary/aromatic N) is 1. The van der Waals surface area contributed by atoms with Crippen LogP contribution in [0, 0.1) is 5.92 Å². The third kappa shape index (κ3) is 3.87. The number of aliphatic hydroxyl groups is 1. The first kappa shape index (κ1) is 19.5. The maximum absolute atomic E-state index is 13.4. The second-order valence-electron chi connectivity index (χ2n) is 7.44. The number of nitrogens with one attached hydrogen (secondary N) is 1. The van der Waals surface area contributed by atoms with Crippen molar-refractivity contribution in [2.45, 2.75) is 19.0 Å². The number of pyridine rings is 1. The van der Waals surface area contributed by atoms with Crippen molar-refractivity contribution in [3.63, 3.8) is 0 Å². The lowest BCUT2D eigenvalue weighted by Gasteiger charge is -2.33. The highest BCUT2D eigenvalue weighted by molar-refractivity contribution is 5.88. The summed E-state index contributed by atoms with van der Waals surface area (Å²) in [5.41, 5.74) is -0.175. The number of H-pyrrole nitrogens is 1. The van der Waals surface area contributed by atoms with E-state index in [0.29, 0.717) is 16.7 Å². The Balaban J connectivity index is 1.76. The number of halogens is 3. The number of hydrogen-bond donors (Lipinski definition) is 2. The van der Waals surface area contributed by atoms with Crippen molar-refractivity contribution < 1.29 is 18.3 Å². The van der Waals surface area contributed by atoms with Gasteiger partial charge in [0.1, 0.15) is 0 Å². The van der Waals surface area contributed by atoms with E-state index in [0.717, 1.165) is 37.7 Å². The Morgan fingerprint density at radius 1 is 1.07 bits per heavy atom. The lowest BCUT2D eigenvalue weighted by molar-refractivity contribution is -0.137. The summed E-state index contributed by atoms with van der Waals surface area (Å²) in [5, 5.41) is 10.3. The fourth-order valence-corrected chi connectivity index (χ4v) is 3.94. The van der Waals surface area contributed by atoms with Gasteiger partial charge in [-0.1, -0.05) is 18.2 Å². The highest BCUT2D eigenvalue weighted by atomic mass is 19.4. The smallest absolute Gasteiger partial charge is 0.396 e. The third-order valence-corrected chi connectivity index (χ3v) is 5.59. The quantitative estimate of drug-likeness (QED) is 0.682. The van der Waals surface area contributed by atoms with Gasteiger partial charge in [-0.15, -0.1) is 0 Å². The minimum atomic E-state index is -4.51. The first-order chi connectivity index (χ1) is 13.9. The Labute approximate surface area is 165 Å². The molecule has 4 rings (SSSR count). The molecule has 0 radical (unpaired) electrons. The Morgan fingerprint density at radius 2 is 1.79 bits per heavy atom. The average molecular weight is 402 g/mol. The lowest BCUT2D eigenvalue weighted by atomic mass is 9.97. The van der Waals surface area contributed by atoms with E-state index in [-0.39, 0.29) is 17.9 Å². The van der Waals surface area contributed by atoms with Crippen LogP contribution < -0.4 is 10.5 Å². The first-order valence-corrected chi connectivity index (χ1v) is 9.56. The molecule has 3 aromatic rings. The van der Waals surface area contributed by atoms with Crippen molar-refractivity contribution in [3.8, 4) is 11.3 Å². The van der Waals surface area contributed by atoms with E-state index >= 15 is 0 Å². The van der Waals surface area contributed by atoms with Crippen LogP contribution in [0.15, 0.2) is 53.3 Å². The van der Waals surface area contributed by atoms with Gasteiger partial charge in [-0.3, -0.25) is 4.79 Å². The number of hydrogen-bond acceptors (Lipinski definition) is 3. The number of fused-ring (bicyclic) bond motifs is 1. The third-order valence-electron chi connectivity index (χ3n) is 5.59. The summed E-state index contributed by atoms with van der Waals surface area (Å²) in [6.07, 6.45) is -2.75. The van der Waals surface area contributed by atoms with Gasteiger partial charge in [-0.25, -0.2) is 0 Å². The van der Waals surface area contributed by atoms with E-state index in [9.17, 15) is 23.1 Å². The molecule has 2 heterocycles. The number of rotatable bonds is 3. The molecule has 1 saturated heterocycles. The molecule has 152 valence electrons. The molecule has 1 aliphatic rings. The molecule has 0 bridgehead atoms. The van der Waals surface area contributed by atoms with Crippen LogP contribution in [0.5, 0.6) is 0 Å². The average Bonchev–Trinajstić information content (AvgIpc) is 2.73. The molecule has 0 saturated carbocycles. The SMILES string of the molecule is O=c1[nH]c(-c2ccccc2C(F)(F)F)cc2cc(N3CCC(CO)CC3)ccc12. The summed E-state index contributed by atoms with van der Waals surface area (Å²) in [6.45, 7) is 1.77. The summed E-state index contributed by atoms with van der Waals surface area (Å²) in [4.78, 5) is 17.3. The maximum Gasteiger partial charge on any atom is 0.417 e. The standard InChI is InChI=1S/C22H21F3N2O2/c23-22(24,25)19-4-2-1-3-18(19)20-12-15-11-16(5-6-17(15)21(29)26-20)27-9-7-14(13-28)8-10-27/h1-6,11-12,14,28H,7-10,13H2,(H,26,29). The molecule has 2 aromatic carbocycles. The van der Waals surface area contributed by atoms with E-state index in [1.807, 2.05) is 12.1 Å². The summed E-state index contributed by atoms with van der Waals surface area (Å²) >= 11 is 0. The minimum Gasteiger partial charge on any atom is -0.396 e. The molecule has 29 heavy (non-hydrogen) atoms. The van der Waals surface area contributed by atoms with E-state index < -0.39 is 17.3 Å². The van der Waals surface area contributed by atoms with Crippen LogP contribution in [0.3, 0.4) is 0 Å². The van der Waals surface area contributed by atoms with Gasteiger partial charge in [0.15, 0.2) is 0 Å². The Kier molecular flexibility index (Phi) is 5.08. The number of aromatic amines is 1. The molecule has 4 nitrogen and oxygen atoms in total. The normalized spacial score (nSPS) is 15.8. The van der Waals surface area contributed by atoms with Crippen molar-refractivity contribution >= 4 is 16.5 Å². The van der Waals surface area contributed by atoms with Gasteiger partial charge in [0.2, 0.25) is 0 Å². The molecule has 0 atom stereocenters. The van der Waals surface area contributed by atoms with E-state index in [4.69, 9.17) is 0 Å². The summed E-state index contributed by atoms with van der Waals surface area (Å²) in [5.74, 6) is 0.306. The monoisotopic (exact) mass is 402 g/mol. The van der Waals surface area contributed by atoms with Crippen LogP contribution in [0.2, 0.25) is 0 Å². The molecule has 1 fully saturated rings. The van der Waals surface area contributed by atoms with Gasteiger partial charge >= 0.3 is 6.18 Å². The second-order valence-corrected chi connectivity index (χ2v) is 7.44. The molecule has 0 amide bonds. The predicted octanol–water partition coefficient (Wildman–Crippen LogP) is 4.42. The molecule has 0 spiro atoms. The Hall–Kier alpha value is -2.80. The first-order valence-electron chi connectivity index (χ1n) is 9.56. The fourth-order valence-electron chi connectivity index (χ4n) is 3.94. The zero-order valence-electron chi connectivity index (χ0n) is 15.7. The zero-order chi connectivity index (χ0) is 20.6. The molecule has 2 N–H and O–H groups in total. The van der Waals surface area contributed by atoms with Crippen molar-refractivity contribution in [1.29, 1.82) is 0 Å². The fraction of sp³-hybridized carbons (Fsp3) is 0.318. The van der Waals surface area contributed by atoms with Gasteiger partial charge in [0.05, 0.1) is 5.56 Å². The Morgan fingerprint density at radius 3 is 2.48 bits per heavy atom. The van der Waals surface area contributed by atoms with Crippen LogP contribution in [-0.4, -0.2) is 29.8 Å². The summed E-state index contributed by atoms with van der Waals surface area (Å²) in [6, 6.07) is 12.3. The van der Waals surface area contributed by atoms with Crippen molar-refractivity contribution in [2.75, 3.05) is 24.6 Å². The summed E-state index contributed by atoms with van der Waals surface area (Å²) < 4.78 is 40.2. The lowest BCUT2D eigenvalue weighted by Crippen LogP contribution is -2.34. The van der Waals surface area contributed by atoms with Crippen LogP contribution in [0.4, 0.5) is 18.9 Å². The van der Waals surface area contributed by atoms with Crippen LogP contribution in [0.1, 0.15) is 18.4 Å². The zero-order valence-corrected chi connectivity index (χ0v) is 15.7. The molecule has 1 aliphatic heterocycles. The van der Waals surface area contributed by atoms with Gasteiger partial charge in [-0.05, 0) is 54.5 Å². The van der Waals surface area contributed by atoms with Crippen molar-refractivity contribution in [3.05, 3.63) is 64.4 Å². The molecular weight excluding hydrogens is 381 g/mol. The number of aliphatic hydroxyl groups excluding tert-OH is 1. The van der Waals surface area contributed by atoms with E-state index in [1.54, 1.807) is 12.1 Å². The van der Waals surface area contributed by atoms with Crippen molar-refractivity contribution in [2.24, 2.45) is 5.92 Å². The number of piperidine rings is 1.